The Morgan fingerprint density at radius 1 is 1.12 bits per heavy atom. The van der Waals surface area contributed by atoms with Crippen molar-refractivity contribution in [2.45, 2.75) is 58.9 Å². The van der Waals surface area contributed by atoms with Gasteiger partial charge in [0.05, 0.1) is 4.88 Å². The lowest BCUT2D eigenvalue weighted by molar-refractivity contribution is 0.0632. The number of thiophene rings is 1. The minimum Gasteiger partial charge on any atom is -0.335 e. The van der Waals surface area contributed by atoms with E-state index in [-0.39, 0.29) is 5.91 Å². The average Bonchev–Trinajstić information content (AvgIpc) is 3.31. The molecule has 24 heavy (non-hydrogen) atoms. The highest BCUT2D eigenvalue weighted by Crippen LogP contribution is 2.40. The van der Waals surface area contributed by atoms with Crippen molar-refractivity contribution < 1.29 is 4.79 Å². The van der Waals surface area contributed by atoms with Crippen molar-refractivity contribution in [2.24, 2.45) is 11.3 Å². The summed E-state index contributed by atoms with van der Waals surface area (Å²) in [6.07, 6.45) is 6.30. The Hall–Kier alpha value is -0.870. The predicted octanol–water partition coefficient (Wildman–Crippen LogP) is 3.82. The summed E-state index contributed by atoms with van der Waals surface area (Å²) >= 11 is 1.76. The van der Waals surface area contributed by atoms with Gasteiger partial charge < -0.3 is 4.90 Å². The largest absolute Gasteiger partial charge is 0.335 e. The van der Waals surface area contributed by atoms with Crippen molar-refractivity contribution in [3.05, 3.63) is 21.4 Å². The number of rotatable bonds is 2. The van der Waals surface area contributed by atoms with Gasteiger partial charge in [-0.05, 0) is 55.1 Å². The molecule has 0 spiro atoms. The molecule has 4 heteroatoms. The summed E-state index contributed by atoms with van der Waals surface area (Å²) in [6.45, 7) is 11.0. The quantitative estimate of drug-likeness (QED) is 0.813. The zero-order chi connectivity index (χ0) is 16.9. The molecule has 0 N–H and O–H groups in total. The van der Waals surface area contributed by atoms with Gasteiger partial charge in [0, 0.05) is 37.1 Å². The highest BCUT2D eigenvalue weighted by molar-refractivity contribution is 7.14. The maximum Gasteiger partial charge on any atom is 0.264 e. The second kappa shape index (κ2) is 6.14. The van der Waals surface area contributed by atoms with Crippen LogP contribution in [0.1, 0.15) is 60.1 Å². The fourth-order valence-corrected chi connectivity index (χ4v) is 5.43. The summed E-state index contributed by atoms with van der Waals surface area (Å²) in [7, 11) is 0. The number of amides is 1. The van der Waals surface area contributed by atoms with Gasteiger partial charge in [0.15, 0.2) is 0 Å². The van der Waals surface area contributed by atoms with E-state index < -0.39 is 0 Å². The lowest BCUT2D eigenvalue weighted by atomic mass is 9.72. The summed E-state index contributed by atoms with van der Waals surface area (Å²) < 4.78 is 0. The Kier molecular flexibility index (Phi) is 4.24. The molecule has 1 saturated carbocycles. The van der Waals surface area contributed by atoms with Gasteiger partial charge in [0.2, 0.25) is 0 Å². The van der Waals surface area contributed by atoms with Gasteiger partial charge in [-0.3, -0.25) is 9.69 Å². The molecule has 132 valence electrons. The molecule has 0 bridgehead atoms. The summed E-state index contributed by atoms with van der Waals surface area (Å²) in [5.74, 6) is 1.02. The maximum atomic E-state index is 12.9. The van der Waals surface area contributed by atoms with E-state index in [0.717, 1.165) is 55.9 Å². The molecule has 1 aliphatic heterocycles. The summed E-state index contributed by atoms with van der Waals surface area (Å²) in [5, 5.41) is 0. The molecule has 0 aromatic carbocycles. The third-order valence-electron chi connectivity index (χ3n) is 6.18. The molecule has 3 nitrogen and oxygen atoms in total. The second-order valence-corrected chi connectivity index (χ2v) is 10.1. The standard InChI is InChI=1S/C20H30N2OS/c1-20(2,3)15-4-7-17-14(12-15)13-18(24-17)19(23)22-10-8-21(9-11-22)16-5-6-16/h13,15-16H,4-12H2,1-3H3. The van der Waals surface area contributed by atoms with Crippen LogP contribution in [0.5, 0.6) is 0 Å². The van der Waals surface area contributed by atoms with Gasteiger partial charge in [-0.25, -0.2) is 0 Å². The number of aryl methyl sites for hydroxylation is 1. The van der Waals surface area contributed by atoms with Gasteiger partial charge in [-0.15, -0.1) is 11.3 Å². The van der Waals surface area contributed by atoms with E-state index in [2.05, 4.69) is 36.6 Å². The minimum absolute atomic E-state index is 0.275. The smallest absolute Gasteiger partial charge is 0.264 e. The van der Waals surface area contributed by atoms with Gasteiger partial charge in [-0.2, -0.15) is 0 Å². The number of nitrogens with zero attached hydrogens (tertiary/aromatic N) is 2. The molecule has 1 amide bonds. The highest BCUT2D eigenvalue weighted by Gasteiger charge is 2.34. The van der Waals surface area contributed by atoms with Crippen LogP contribution in [-0.4, -0.2) is 47.9 Å². The van der Waals surface area contributed by atoms with Crippen LogP contribution in [0.4, 0.5) is 0 Å². The first kappa shape index (κ1) is 16.6. The van der Waals surface area contributed by atoms with E-state index in [9.17, 15) is 4.79 Å². The molecule has 0 radical (unpaired) electrons. The Labute approximate surface area is 150 Å². The van der Waals surface area contributed by atoms with Crippen LogP contribution in [-0.2, 0) is 12.8 Å². The SMILES string of the molecule is CC(C)(C)C1CCc2sc(C(=O)N3CCN(C4CC4)CC3)cc2C1. The third-order valence-corrected chi connectivity index (χ3v) is 7.41. The first-order valence-electron chi connectivity index (χ1n) is 9.57. The Morgan fingerprint density at radius 3 is 2.46 bits per heavy atom. The van der Waals surface area contributed by atoms with Crippen LogP contribution in [0.2, 0.25) is 0 Å². The monoisotopic (exact) mass is 346 g/mol. The number of hydrogen-bond donors (Lipinski definition) is 0. The van der Waals surface area contributed by atoms with Crippen LogP contribution < -0.4 is 0 Å². The first-order chi connectivity index (χ1) is 11.4. The van der Waals surface area contributed by atoms with E-state index in [4.69, 9.17) is 0 Å². The maximum absolute atomic E-state index is 12.9. The Bertz CT molecular complexity index is 618. The fourth-order valence-electron chi connectivity index (χ4n) is 4.25. The van der Waals surface area contributed by atoms with Gasteiger partial charge in [0.25, 0.3) is 5.91 Å². The second-order valence-electron chi connectivity index (χ2n) is 8.92. The van der Waals surface area contributed by atoms with E-state index in [1.54, 1.807) is 11.3 Å². The number of fused-ring (bicyclic) bond motifs is 1. The molecular formula is C20H30N2OS. The van der Waals surface area contributed by atoms with Gasteiger partial charge in [0.1, 0.15) is 0 Å². The lowest BCUT2D eigenvalue weighted by Gasteiger charge is -2.34. The predicted molar refractivity (Wildman–Crippen MR) is 99.8 cm³/mol. The molecule has 3 aliphatic rings. The molecule has 2 aliphatic carbocycles. The Morgan fingerprint density at radius 2 is 1.83 bits per heavy atom. The average molecular weight is 347 g/mol. The minimum atomic E-state index is 0.275. The van der Waals surface area contributed by atoms with Crippen LogP contribution in [0, 0.1) is 11.3 Å². The normalized spacial score (nSPS) is 25.6. The lowest BCUT2D eigenvalue weighted by Crippen LogP contribution is -2.49. The number of carbonyl (C=O) groups excluding carboxylic acids is 1. The Balaban J connectivity index is 1.42. The van der Waals surface area contributed by atoms with Crippen molar-refractivity contribution in [1.29, 1.82) is 0 Å². The van der Waals surface area contributed by atoms with Crippen molar-refractivity contribution >= 4 is 17.2 Å². The van der Waals surface area contributed by atoms with Crippen LogP contribution in [0.25, 0.3) is 0 Å². The van der Waals surface area contributed by atoms with E-state index in [1.165, 1.54) is 29.7 Å². The fraction of sp³-hybridized carbons (Fsp3) is 0.750. The van der Waals surface area contributed by atoms with Crippen molar-refractivity contribution in [1.82, 2.24) is 9.80 Å². The molecule has 1 atom stereocenters. The molecule has 1 aromatic heterocycles. The molecule has 1 unspecified atom stereocenters. The molecule has 2 heterocycles. The number of carbonyl (C=O) groups is 1. The molecule has 1 aromatic rings. The first-order valence-corrected chi connectivity index (χ1v) is 10.4. The number of piperazine rings is 1. The summed E-state index contributed by atoms with van der Waals surface area (Å²) in [4.78, 5) is 20.0. The van der Waals surface area contributed by atoms with Crippen LogP contribution in [0.15, 0.2) is 6.07 Å². The van der Waals surface area contributed by atoms with Gasteiger partial charge >= 0.3 is 0 Å². The third kappa shape index (κ3) is 3.28. The molecule has 2 fully saturated rings. The number of hydrogen-bond acceptors (Lipinski definition) is 3. The molecular weight excluding hydrogens is 316 g/mol. The zero-order valence-electron chi connectivity index (χ0n) is 15.3. The summed E-state index contributed by atoms with van der Waals surface area (Å²) in [6, 6.07) is 3.04. The molecule has 1 saturated heterocycles. The van der Waals surface area contributed by atoms with Crippen molar-refractivity contribution in [3.63, 3.8) is 0 Å². The van der Waals surface area contributed by atoms with Crippen LogP contribution >= 0.6 is 11.3 Å². The van der Waals surface area contributed by atoms with E-state index in [1.807, 2.05) is 0 Å². The summed E-state index contributed by atoms with van der Waals surface area (Å²) in [5.41, 5.74) is 1.81. The van der Waals surface area contributed by atoms with Crippen molar-refractivity contribution in [2.75, 3.05) is 26.2 Å². The molecule has 4 rings (SSSR count). The van der Waals surface area contributed by atoms with Crippen LogP contribution in [0.3, 0.4) is 0 Å². The topological polar surface area (TPSA) is 23.6 Å². The van der Waals surface area contributed by atoms with Gasteiger partial charge in [-0.1, -0.05) is 20.8 Å². The zero-order valence-corrected chi connectivity index (χ0v) is 16.1. The van der Waals surface area contributed by atoms with Crippen molar-refractivity contribution in [3.8, 4) is 0 Å². The van der Waals surface area contributed by atoms with E-state index in [0.29, 0.717) is 5.41 Å². The highest BCUT2D eigenvalue weighted by atomic mass is 32.1. The van der Waals surface area contributed by atoms with E-state index >= 15 is 0 Å².